The maximum Gasteiger partial charge on any atom is 0.309 e. The van der Waals surface area contributed by atoms with Gasteiger partial charge in [0.05, 0.1) is 27.7 Å². The van der Waals surface area contributed by atoms with Gasteiger partial charge in [0.15, 0.2) is 0 Å². The largest absolute Gasteiger partial charge is 0.481 e. The molecule has 0 aliphatic heterocycles. The molecular weight excluding hydrogens is 249 g/mol. The molecule has 5 heteroatoms. The Bertz CT molecular complexity index is 569. The minimum absolute atomic E-state index is 0.126. The molecule has 82 valence electrons. The highest BCUT2D eigenvalue weighted by Crippen LogP contribution is 2.29. The lowest BCUT2D eigenvalue weighted by atomic mass is 10.2. The number of halogens is 2. The van der Waals surface area contributed by atoms with Gasteiger partial charge in [-0.3, -0.25) is 9.78 Å². The van der Waals surface area contributed by atoms with Gasteiger partial charge in [0.1, 0.15) is 0 Å². The van der Waals surface area contributed by atoms with Crippen LogP contribution in [0.1, 0.15) is 5.69 Å². The highest BCUT2D eigenvalue weighted by Gasteiger charge is 2.08. The molecule has 0 amide bonds. The van der Waals surface area contributed by atoms with E-state index in [1.54, 1.807) is 24.3 Å². The molecule has 0 bridgehead atoms. The second kappa shape index (κ2) is 4.28. The number of pyridine rings is 1. The molecule has 2 aromatic rings. The minimum atomic E-state index is -0.926. The topological polar surface area (TPSA) is 50.2 Å². The molecule has 3 nitrogen and oxygen atoms in total. The smallest absolute Gasteiger partial charge is 0.309 e. The minimum Gasteiger partial charge on any atom is -0.481 e. The van der Waals surface area contributed by atoms with Crippen LogP contribution in [-0.4, -0.2) is 16.1 Å². The van der Waals surface area contributed by atoms with Crippen LogP contribution in [0.25, 0.3) is 10.9 Å². The number of rotatable bonds is 2. The number of fused-ring (bicyclic) bond motifs is 1. The van der Waals surface area contributed by atoms with Gasteiger partial charge in [0, 0.05) is 5.39 Å². The van der Waals surface area contributed by atoms with E-state index in [-0.39, 0.29) is 6.42 Å². The predicted octanol–water partition coefficient (Wildman–Crippen LogP) is 3.17. The van der Waals surface area contributed by atoms with E-state index in [2.05, 4.69) is 4.98 Å². The number of hydrogen-bond donors (Lipinski definition) is 1. The second-order valence-electron chi connectivity index (χ2n) is 3.31. The zero-order valence-electron chi connectivity index (χ0n) is 8.08. The average molecular weight is 256 g/mol. The Morgan fingerprint density at radius 3 is 2.62 bits per heavy atom. The van der Waals surface area contributed by atoms with Gasteiger partial charge >= 0.3 is 5.97 Å². The first-order valence-electron chi connectivity index (χ1n) is 4.53. The lowest BCUT2D eigenvalue weighted by Crippen LogP contribution is -2.02. The zero-order chi connectivity index (χ0) is 11.7. The Morgan fingerprint density at radius 2 is 1.94 bits per heavy atom. The van der Waals surface area contributed by atoms with Crippen molar-refractivity contribution in [1.82, 2.24) is 4.98 Å². The van der Waals surface area contributed by atoms with Crippen molar-refractivity contribution in [3.05, 3.63) is 40.0 Å². The van der Waals surface area contributed by atoms with E-state index >= 15 is 0 Å². The van der Waals surface area contributed by atoms with Crippen molar-refractivity contribution in [2.24, 2.45) is 0 Å². The average Bonchev–Trinajstić information content (AvgIpc) is 2.23. The predicted molar refractivity (Wildman–Crippen MR) is 63.1 cm³/mol. The second-order valence-corrected chi connectivity index (χ2v) is 4.09. The van der Waals surface area contributed by atoms with Crippen LogP contribution in [0.15, 0.2) is 24.3 Å². The third-order valence-electron chi connectivity index (χ3n) is 2.14. The summed E-state index contributed by atoms with van der Waals surface area (Å²) >= 11 is 11.9. The highest BCUT2D eigenvalue weighted by atomic mass is 35.5. The molecule has 0 spiro atoms. The number of aromatic nitrogens is 1. The standard InChI is InChI=1S/C11H7Cl2NO2/c12-8-4-2-6-1-3-7(5-9(15)16)14-11(6)10(8)13/h1-4H,5H2,(H,15,16). The summed E-state index contributed by atoms with van der Waals surface area (Å²) in [4.78, 5) is 14.7. The van der Waals surface area contributed by atoms with Crippen LogP contribution in [0.4, 0.5) is 0 Å². The zero-order valence-corrected chi connectivity index (χ0v) is 9.59. The van der Waals surface area contributed by atoms with Crippen molar-refractivity contribution in [2.75, 3.05) is 0 Å². The first-order chi connectivity index (χ1) is 7.58. The van der Waals surface area contributed by atoms with Crippen molar-refractivity contribution in [1.29, 1.82) is 0 Å². The maximum absolute atomic E-state index is 10.6. The molecule has 2 rings (SSSR count). The maximum atomic E-state index is 10.6. The fourth-order valence-corrected chi connectivity index (χ4v) is 1.79. The van der Waals surface area contributed by atoms with E-state index < -0.39 is 5.97 Å². The molecule has 0 fully saturated rings. The van der Waals surface area contributed by atoms with Crippen LogP contribution in [0, 0.1) is 0 Å². The fourth-order valence-electron chi connectivity index (χ4n) is 1.42. The Hall–Kier alpha value is -1.32. The summed E-state index contributed by atoms with van der Waals surface area (Å²) in [6.07, 6.45) is -0.126. The van der Waals surface area contributed by atoms with Gasteiger partial charge in [-0.15, -0.1) is 0 Å². The summed E-state index contributed by atoms with van der Waals surface area (Å²) in [5, 5.41) is 10.3. The Morgan fingerprint density at radius 1 is 1.25 bits per heavy atom. The third kappa shape index (κ3) is 2.10. The van der Waals surface area contributed by atoms with Crippen LogP contribution in [0.2, 0.25) is 10.0 Å². The Labute approximate surface area is 102 Å². The van der Waals surface area contributed by atoms with Gasteiger partial charge in [-0.25, -0.2) is 0 Å². The van der Waals surface area contributed by atoms with Gasteiger partial charge < -0.3 is 5.11 Å². The summed E-state index contributed by atoms with van der Waals surface area (Å²) < 4.78 is 0. The molecule has 0 radical (unpaired) electrons. The summed E-state index contributed by atoms with van der Waals surface area (Å²) in [6.45, 7) is 0. The lowest BCUT2D eigenvalue weighted by molar-refractivity contribution is -0.136. The van der Waals surface area contributed by atoms with Crippen LogP contribution < -0.4 is 0 Å². The van der Waals surface area contributed by atoms with Gasteiger partial charge in [0.2, 0.25) is 0 Å². The van der Waals surface area contributed by atoms with Crippen LogP contribution in [0.3, 0.4) is 0 Å². The molecule has 1 aromatic heterocycles. The monoisotopic (exact) mass is 255 g/mol. The van der Waals surface area contributed by atoms with E-state index in [0.717, 1.165) is 5.39 Å². The molecule has 0 aliphatic carbocycles. The van der Waals surface area contributed by atoms with Crippen LogP contribution in [-0.2, 0) is 11.2 Å². The summed E-state index contributed by atoms with van der Waals surface area (Å²) in [5.74, 6) is -0.926. The highest BCUT2D eigenvalue weighted by molar-refractivity contribution is 6.44. The van der Waals surface area contributed by atoms with Crippen molar-refractivity contribution in [3.8, 4) is 0 Å². The molecule has 0 atom stereocenters. The van der Waals surface area contributed by atoms with Gasteiger partial charge in [0.25, 0.3) is 0 Å². The SMILES string of the molecule is O=C(O)Cc1ccc2ccc(Cl)c(Cl)c2n1. The number of carbonyl (C=O) groups is 1. The number of aliphatic carboxylic acids is 1. The van der Waals surface area contributed by atoms with Crippen molar-refractivity contribution in [3.63, 3.8) is 0 Å². The molecule has 1 aromatic carbocycles. The molecule has 16 heavy (non-hydrogen) atoms. The van der Waals surface area contributed by atoms with E-state index in [0.29, 0.717) is 21.3 Å². The van der Waals surface area contributed by atoms with Crippen LogP contribution in [0.5, 0.6) is 0 Å². The first-order valence-corrected chi connectivity index (χ1v) is 5.29. The lowest BCUT2D eigenvalue weighted by Gasteiger charge is -2.03. The Kier molecular flexibility index (Phi) is 2.99. The number of hydrogen-bond acceptors (Lipinski definition) is 2. The van der Waals surface area contributed by atoms with Gasteiger partial charge in [-0.2, -0.15) is 0 Å². The Balaban J connectivity index is 2.59. The van der Waals surface area contributed by atoms with E-state index in [1.165, 1.54) is 0 Å². The van der Waals surface area contributed by atoms with Crippen molar-refractivity contribution in [2.45, 2.75) is 6.42 Å². The molecule has 1 heterocycles. The normalized spacial score (nSPS) is 10.6. The molecule has 0 aliphatic rings. The first kappa shape index (κ1) is 11.2. The fraction of sp³-hybridized carbons (Fsp3) is 0.0909. The number of carboxylic acid groups (broad SMARTS) is 1. The van der Waals surface area contributed by atoms with Crippen molar-refractivity contribution >= 4 is 40.1 Å². The molecule has 0 saturated heterocycles. The number of benzene rings is 1. The summed E-state index contributed by atoms with van der Waals surface area (Å²) in [6, 6.07) is 6.93. The van der Waals surface area contributed by atoms with Gasteiger partial charge in [-0.1, -0.05) is 35.3 Å². The third-order valence-corrected chi connectivity index (χ3v) is 2.94. The quantitative estimate of drug-likeness (QED) is 0.897. The van der Waals surface area contributed by atoms with Crippen molar-refractivity contribution < 1.29 is 9.90 Å². The number of carboxylic acids is 1. The van der Waals surface area contributed by atoms with Gasteiger partial charge in [-0.05, 0) is 12.1 Å². The van der Waals surface area contributed by atoms with E-state index in [1.807, 2.05) is 0 Å². The van der Waals surface area contributed by atoms with E-state index in [9.17, 15) is 4.79 Å². The summed E-state index contributed by atoms with van der Waals surface area (Å²) in [7, 11) is 0. The van der Waals surface area contributed by atoms with E-state index in [4.69, 9.17) is 28.3 Å². The molecular formula is C11H7Cl2NO2. The molecule has 1 N–H and O–H groups in total. The van der Waals surface area contributed by atoms with Crippen LogP contribution >= 0.6 is 23.2 Å². The summed E-state index contributed by atoms with van der Waals surface area (Å²) in [5.41, 5.74) is 0.997. The number of nitrogens with zero attached hydrogens (tertiary/aromatic N) is 1. The molecule has 0 saturated carbocycles. The molecule has 0 unspecified atom stereocenters.